The Labute approximate surface area is 75.2 Å². The van der Waals surface area contributed by atoms with Gasteiger partial charge in [0.2, 0.25) is 5.88 Å². The zero-order valence-electron chi connectivity index (χ0n) is 7.24. The zero-order chi connectivity index (χ0) is 9.26. The third-order valence-electron chi connectivity index (χ3n) is 1.91. The Bertz CT molecular complexity index is 390. The normalized spacial score (nSPS) is 10.5. The first-order valence-electron chi connectivity index (χ1n) is 4.11. The first-order chi connectivity index (χ1) is 6.31. The molecule has 2 rings (SSSR count). The molecule has 0 atom stereocenters. The number of hydrogen-bond acceptors (Lipinski definition) is 3. The van der Waals surface area contributed by atoms with Gasteiger partial charge in [-0.3, -0.25) is 0 Å². The lowest BCUT2D eigenvalue weighted by atomic mass is 10.3. The number of imidazole rings is 1. The van der Waals surface area contributed by atoms with Crippen LogP contribution < -0.4 is 0 Å². The third kappa shape index (κ3) is 1.30. The fourth-order valence-electron chi connectivity index (χ4n) is 1.18. The lowest BCUT2D eigenvalue weighted by Crippen LogP contribution is -1.79. The number of aryl methyl sites for hydroxylation is 1. The Kier molecular flexibility index (Phi) is 1.81. The van der Waals surface area contributed by atoms with Gasteiger partial charge in [-0.05, 0) is 12.5 Å². The van der Waals surface area contributed by atoms with E-state index in [0.29, 0.717) is 5.82 Å². The summed E-state index contributed by atoms with van der Waals surface area (Å²) in [5.41, 5.74) is 1.59. The molecule has 0 aliphatic heterocycles. The number of furan rings is 1. The largest absolute Gasteiger partial charge is 0.492 e. The number of hydrogen-bond donors (Lipinski definition) is 2. The Morgan fingerprint density at radius 2 is 2.46 bits per heavy atom. The summed E-state index contributed by atoms with van der Waals surface area (Å²) < 4.78 is 4.91. The number of aromatic hydroxyl groups is 1. The van der Waals surface area contributed by atoms with Crippen molar-refractivity contribution in [3.63, 3.8) is 0 Å². The molecule has 0 saturated carbocycles. The molecule has 0 fully saturated rings. The van der Waals surface area contributed by atoms with Gasteiger partial charge in [0.15, 0.2) is 0 Å². The SMILES string of the molecule is CCc1[nH]c(-c2ccoc2)nc1O. The zero-order valence-corrected chi connectivity index (χ0v) is 7.24. The number of H-pyrrole nitrogens is 1. The predicted octanol–water partition coefficient (Wildman–Crippen LogP) is 1.94. The van der Waals surface area contributed by atoms with Gasteiger partial charge in [0.25, 0.3) is 0 Å². The van der Waals surface area contributed by atoms with Crippen molar-refractivity contribution in [2.75, 3.05) is 0 Å². The maximum atomic E-state index is 9.36. The first kappa shape index (κ1) is 7.91. The van der Waals surface area contributed by atoms with E-state index in [1.165, 1.54) is 0 Å². The monoisotopic (exact) mass is 178 g/mol. The standard InChI is InChI=1S/C9H10N2O2/c1-2-7-9(12)11-8(10-7)6-3-4-13-5-6/h3-5,12H,2H2,1H3,(H,10,11). The van der Waals surface area contributed by atoms with Gasteiger partial charge < -0.3 is 14.5 Å². The van der Waals surface area contributed by atoms with Gasteiger partial charge in [-0.25, -0.2) is 0 Å². The van der Waals surface area contributed by atoms with Crippen LogP contribution in [-0.4, -0.2) is 15.1 Å². The Morgan fingerprint density at radius 1 is 1.62 bits per heavy atom. The van der Waals surface area contributed by atoms with Gasteiger partial charge in [0.05, 0.1) is 17.5 Å². The summed E-state index contributed by atoms with van der Waals surface area (Å²) >= 11 is 0. The topological polar surface area (TPSA) is 62.0 Å². The van der Waals surface area contributed by atoms with Crippen molar-refractivity contribution in [1.29, 1.82) is 0 Å². The van der Waals surface area contributed by atoms with E-state index in [4.69, 9.17) is 4.42 Å². The summed E-state index contributed by atoms with van der Waals surface area (Å²) in [5, 5.41) is 9.36. The quantitative estimate of drug-likeness (QED) is 0.738. The van der Waals surface area contributed by atoms with Crippen LogP contribution in [-0.2, 0) is 6.42 Å². The van der Waals surface area contributed by atoms with Crippen LogP contribution in [0.2, 0.25) is 0 Å². The Hall–Kier alpha value is -1.71. The van der Waals surface area contributed by atoms with E-state index in [1.54, 1.807) is 18.6 Å². The van der Waals surface area contributed by atoms with Crippen LogP contribution >= 0.6 is 0 Å². The molecule has 0 bridgehead atoms. The smallest absolute Gasteiger partial charge is 0.232 e. The number of nitrogens with zero attached hydrogens (tertiary/aromatic N) is 1. The fraction of sp³-hybridized carbons (Fsp3) is 0.222. The molecule has 4 heteroatoms. The highest BCUT2D eigenvalue weighted by molar-refractivity contribution is 5.54. The molecule has 2 aromatic rings. The lowest BCUT2D eigenvalue weighted by molar-refractivity contribution is 0.450. The number of aromatic nitrogens is 2. The molecule has 0 aliphatic rings. The van der Waals surface area contributed by atoms with Crippen LogP contribution in [0.4, 0.5) is 0 Å². The Morgan fingerprint density at radius 3 is 3.00 bits per heavy atom. The summed E-state index contributed by atoms with van der Waals surface area (Å²) in [4.78, 5) is 6.98. The molecular weight excluding hydrogens is 168 g/mol. The molecule has 68 valence electrons. The van der Waals surface area contributed by atoms with Gasteiger partial charge in [0, 0.05) is 0 Å². The minimum absolute atomic E-state index is 0.0682. The second-order valence-corrected chi connectivity index (χ2v) is 2.75. The van der Waals surface area contributed by atoms with Crippen LogP contribution in [0.15, 0.2) is 23.0 Å². The summed E-state index contributed by atoms with van der Waals surface area (Å²) in [6.07, 6.45) is 3.88. The first-order valence-corrected chi connectivity index (χ1v) is 4.11. The minimum atomic E-state index is 0.0682. The maximum absolute atomic E-state index is 9.36. The molecule has 2 aromatic heterocycles. The van der Waals surface area contributed by atoms with E-state index < -0.39 is 0 Å². The average Bonchev–Trinajstić information content (AvgIpc) is 2.71. The van der Waals surface area contributed by atoms with Gasteiger partial charge in [-0.2, -0.15) is 4.98 Å². The molecule has 2 heterocycles. The van der Waals surface area contributed by atoms with E-state index in [9.17, 15) is 5.11 Å². The summed E-state index contributed by atoms with van der Waals surface area (Å²) in [6.45, 7) is 1.95. The van der Waals surface area contributed by atoms with Crippen LogP contribution in [0.1, 0.15) is 12.6 Å². The highest BCUT2D eigenvalue weighted by Gasteiger charge is 2.09. The molecule has 4 nitrogen and oxygen atoms in total. The average molecular weight is 178 g/mol. The van der Waals surface area contributed by atoms with Crippen molar-refractivity contribution in [2.45, 2.75) is 13.3 Å². The van der Waals surface area contributed by atoms with Crippen LogP contribution in [0.25, 0.3) is 11.4 Å². The second kappa shape index (κ2) is 2.97. The summed E-state index contributed by atoms with van der Waals surface area (Å²) in [7, 11) is 0. The van der Waals surface area contributed by atoms with Crippen LogP contribution in [0, 0.1) is 0 Å². The van der Waals surface area contributed by atoms with Gasteiger partial charge in [-0.1, -0.05) is 6.92 Å². The van der Waals surface area contributed by atoms with Crippen molar-refractivity contribution < 1.29 is 9.52 Å². The van der Waals surface area contributed by atoms with Crippen LogP contribution in [0.5, 0.6) is 5.88 Å². The number of nitrogens with one attached hydrogen (secondary N) is 1. The maximum Gasteiger partial charge on any atom is 0.232 e. The molecule has 0 aliphatic carbocycles. The molecule has 0 spiro atoms. The van der Waals surface area contributed by atoms with Crippen molar-refractivity contribution in [1.82, 2.24) is 9.97 Å². The van der Waals surface area contributed by atoms with Crippen LogP contribution in [0.3, 0.4) is 0 Å². The predicted molar refractivity (Wildman–Crippen MR) is 47.3 cm³/mol. The highest BCUT2D eigenvalue weighted by Crippen LogP contribution is 2.22. The van der Waals surface area contributed by atoms with E-state index >= 15 is 0 Å². The molecular formula is C9H10N2O2. The third-order valence-corrected chi connectivity index (χ3v) is 1.91. The minimum Gasteiger partial charge on any atom is -0.492 e. The number of rotatable bonds is 2. The molecule has 0 radical (unpaired) electrons. The molecule has 0 unspecified atom stereocenters. The molecule has 0 saturated heterocycles. The highest BCUT2D eigenvalue weighted by atomic mass is 16.3. The van der Waals surface area contributed by atoms with Crippen molar-refractivity contribution in [2.24, 2.45) is 0 Å². The van der Waals surface area contributed by atoms with E-state index in [-0.39, 0.29) is 5.88 Å². The van der Waals surface area contributed by atoms with E-state index in [1.807, 2.05) is 6.92 Å². The molecule has 13 heavy (non-hydrogen) atoms. The van der Waals surface area contributed by atoms with Crippen molar-refractivity contribution in [3.05, 3.63) is 24.3 Å². The van der Waals surface area contributed by atoms with E-state index in [0.717, 1.165) is 17.7 Å². The lowest BCUT2D eigenvalue weighted by Gasteiger charge is -1.87. The fourth-order valence-corrected chi connectivity index (χ4v) is 1.18. The van der Waals surface area contributed by atoms with Crippen molar-refractivity contribution in [3.8, 4) is 17.3 Å². The molecule has 0 aromatic carbocycles. The van der Waals surface area contributed by atoms with Gasteiger partial charge in [-0.15, -0.1) is 0 Å². The summed E-state index contributed by atoms with van der Waals surface area (Å²) in [6, 6.07) is 1.79. The van der Waals surface area contributed by atoms with Gasteiger partial charge in [0.1, 0.15) is 12.1 Å². The van der Waals surface area contributed by atoms with Gasteiger partial charge >= 0.3 is 0 Å². The summed E-state index contributed by atoms with van der Waals surface area (Å²) in [5.74, 6) is 0.710. The Balaban J connectivity index is 2.43. The molecule has 2 N–H and O–H groups in total. The number of aromatic amines is 1. The molecule has 0 amide bonds. The van der Waals surface area contributed by atoms with Crippen molar-refractivity contribution >= 4 is 0 Å². The van der Waals surface area contributed by atoms with E-state index in [2.05, 4.69) is 9.97 Å². The second-order valence-electron chi connectivity index (χ2n) is 2.75.